The van der Waals surface area contributed by atoms with Crippen LogP contribution in [-0.4, -0.2) is 12.2 Å². The fourth-order valence-electron chi connectivity index (χ4n) is 1.60. The minimum Gasteiger partial charge on any atom is -0.496 e. The molecule has 82 valence electrons. The average molecular weight is 289 g/mol. The molecule has 0 N–H and O–H groups in total. The van der Waals surface area contributed by atoms with Gasteiger partial charge in [0, 0.05) is 4.47 Å². The van der Waals surface area contributed by atoms with Crippen molar-refractivity contribution >= 4 is 33.7 Å². The van der Waals surface area contributed by atoms with E-state index in [1.807, 2.05) is 20.8 Å². The first kappa shape index (κ1) is 12.6. The zero-order chi connectivity index (χ0) is 11.7. The number of thiol groups is 1. The number of hydrogen-bond acceptors (Lipinski definition) is 2. The molecule has 0 saturated carbocycles. The van der Waals surface area contributed by atoms with Crippen molar-refractivity contribution in [2.24, 2.45) is 0 Å². The Kier molecular flexibility index (Phi) is 3.84. The minimum absolute atomic E-state index is 0.270. The molecule has 2 nitrogen and oxygen atoms in total. The van der Waals surface area contributed by atoms with Crippen LogP contribution in [0.2, 0.25) is 0 Å². The number of benzene rings is 1. The summed E-state index contributed by atoms with van der Waals surface area (Å²) in [5, 5.41) is -0.270. The van der Waals surface area contributed by atoms with Crippen LogP contribution in [0.4, 0.5) is 0 Å². The minimum atomic E-state index is -0.270. The number of carbonyl (C=O) groups is 1. The monoisotopic (exact) mass is 288 g/mol. The van der Waals surface area contributed by atoms with E-state index < -0.39 is 0 Å². The van der Waals surface area contributed by atoms with Crippen LogP contribution in [0, 0.1) is 20.8 Å². The van der Waals surface area contributed by atoms with Crippen LogP contribution in [0.25, 0.3) is 0 Å². The molecule has 0 unspecified atom stereocenters. The van der Waals surface area contributed by atoms with Crippen molar-refractivity contribution in [3.63, 3.8) is 0 Å². The highest BCUT2D eigenvalue weighted by Gasteiger charge is 2.19. The molecule has 0 aliphatic rings. The van der Waals surface area contributed by atoms with Gasteiger partial charge in [-0.2, -0.15) is 0 Å². The third kappa shape index (κ3) is 2.06. The van der Waals surface area contributed by atoms with Crippen molar-refractivity contribution in [3.05, 3.63) is 26.7 Å². The number of ether oxygens (including phenoxy) is 1. The highest BCUT2D eigenvalue weighted by atomic mass is 79.9. The summed E-state index contributed by atoms with van der Waals surface area (Å²) in [6, 6.07) is 0. The number of carbonyl (C=O) groups excluding carboxylic acids is 1. The van der Waals surface area contributed by atoms with Crippen LogP contribution < -0.4 is 4.74 Å². The molecule has 0 heterocycles. The lowest BCUT2D eigenvalue weighted by Gasteiger charge is -2.16. The number of halogens is 1. The van der Waals surface area contributed by atoms with E-state index in [1.54, 1.807) is 7.11 Å². The van der Waals surface area contributed by atoms with E-state index in [4.69, 9.17) is 4.74 Å². The molecule has 0 saturated heterocycles. The number of hydrogen-bond donors (Lipinski definition) is 1. The number of methoxy groups -OCH3 is 1. The number of rotatable bonds is 2. The predicted octanol–water partition coefficient (Wildman–Crippen LogP) is 3.45. The molecule has 15 heavy (non-hydrogen) atoms. The van der Waals surface area contributed by atoms with Crippen molar-refractivity contribution in [1.82, 2.24) is 0 Å². The third-order valence-corrected chi connectivity index (χ3v) is 3.99. The topological polar surface area (TPSA) is 26.3 Å². The van der Waals surface area contributed by atoms with Crippen LogP contribution in [0.15, 0.2) is 4.47 Å². The molecule has 0 fully saturated rings. The van der Waals surface area contributed by atoms with E-state index in [0.29, 0.717) is 11.3 Å². The molecule has 0 aromatic heterocycles. The molecule has 1 aromatic rings. The van der Waals surface area contributed by atoms with Gasteiger partial charge in [-0.3, -0.25) is 4.79 Å². The van der Waals surface area contributed by atoms with Gasteiger partial charge in [-0.25, -0.2) is 0 Å². The van der Waals surface area contributed by atoms with E-state index in [2.05, 4.69) is 28.6 Å². The summed E-state index contributed by atoms with van der Waals surface area (Å²) < 4.78 is 6.21. The van der Waals surface area contributed by atoms with Gasteiger partial charge in [-0.1, -0.05) is 15.9 Å². The standard InChI is InChI=1S/C11H13BrO2S/c1-5-6(2)10(14-4)8(11(13)15)7(3)9(5)12/h1-4H3,(H,13,15). The van der Waals surface area contributed by atoms with Crippen LogP contribution in [0.1, 0.15) is 27.0 Å². The molecular weight excluding hydrogens is 276 g/mol. The third-order valence-electron chi connectivity index (χ3n) is 2.58. The van der Waals surface area contributed by atoms with Crippen molar-refractivity contribution in [2.45, 2.75) is 20.8 Å². The van der Waals surface area contributed by atoms with Crippen molar-refractivity contribution in [2.75, 3.05) is 7.11 Å². The van der Waals surface area contributed by atoms with E-state index in [9.17, 15) is 4.79 Å². The Morgan fingerprint density at radius 1 is 1.20 bits per heavy atom. The lowest BCUT2D eigenvalue weighted by Crippen LogP contribution is -2.04. The average Bonchev–Trinajstić information content (AvgIpc) is 2.19. The van der Waals surface area contributed by atoms with E-state index in [-0.39, 0.29) is 5.12 Å². The van der Waals surface area contributed by atoms with Crippen LogP contribution in [-0.2, 0) is 0 Å². The molecule has 0 amide bonds. The summed E-state index contributed by atoms with van der Waals surface area (Å²) in [4.78, 5) is 11.4. The van der Waals surface area contributed by atoms with Crippen LogP contribution in [0.5, 0.6) is 5.75 Å². The van der Waals surface area contributed by atoms with Crippen molar-refractivity contribution in [3.8, 4) is 5.75 Å². The normalized spacial score (nSPS) is 10.3. The second-order valence-corrected chi connectivity index (χ2v) is 4.60. The smallest absolute Gasteiger partial charge is 0.220 e. The maximum Gasteiger partial charge on any atom is 0.220 e. The summed E-state index contributed by atoms with van der Waals surface area (Å²) in [5.41, 5.74) is 3.46. The lowest BCUT2D eigenvalue weighted by atomic mass is 9.99. The Labute approximate surface area is 104 Å². The van der Waals surface area contributed by atoms with Gasteiger partial charge in [-0.15, -0.1) is 12.6 Å². The Balaban J connectivity index is 3.70. The van der Waals surface area contributed by atoms with Crippen molar-refractivity contribution in [1.29, 1.82) is 0 Å². The van der Waals surface area contributed by atoms with E-state index in [1.165, 1.54) is 0 Å². The molecule has 0 aliphatic heterocycles. The Morgan fingerprint density at radius 3 is 2.13 bits per heavy atom. The molecule has 1 rings (SSSR count). The van der Waals surface area contributed by atoms with E-state index >= 15 is 0 Å². The van der Waals surface area contributed by atoms with Gasteiger partial charge in [0.05, 0.1) is 12.7 Å². The van der Waals surface area contributed by atoms with Gasteiger partial charge in [0.15, 0.2) is 0 Å². The fourth-order valence-corrected chi connectivity index (χ4v) is 2.36. The predicted molar refractivity (Wildman–Crippen MR) is 68.2 cm³/mol. The Bertz CT molecular complexity index is 427. The molecule has 4 heteroatoms. The zero-order valence-corrected chi connectivity index (χ0v) is 11.6. The van der Waals surface area contributed by atoms with Gasteiger partial charge in [0.2, 0.25) is 5.12 Å². The van der Waals surface area contributed by atoms with Gasteiger partial charge in [-0.05, 0) is 37.5 Å². The second kappa shape index (κ2) is 4.58. The highest BCUT2D eigenvalue weighted by molar-refractivity contribution is 9.10. The van der Waals surface area contributed by atoms with E-state index in [0.717, 1.165) is 21.2 Å². The Hall–Kier alpha value is -0.480. The molecule has 1 aromatic carbocycles. The first-order valence-corrected chi connectivity index (χ1v) is 5.72. The van der Waals surface area contributed by atoms with Gasteiger partial charge in [0.25, 0.3) is 0 Å². The first-order valence-electron chi connectivity index (χ1n) is 4.48. The van der Waals surface area contributed by atoms with Crippen LogP contribution in [0.3, 0.4) is 0 Å². The van der Waals surface area contributed by atoms with Gasteiger partial charge in [0.1, 0.15) is 5.75 Å². The maximum absolute atomic E-state index is 11.4. The summed E-state index contributed by atoms with van der Waals surface area (Å²) in [7, 11) is 1.56. The molecule has 0 bridgehead atoms. The fraction of sp³-hybridized carbons (Fsp3) is 0.364. The zero-order valence-electron chi connectivity index (χ0n) is 9.14. The maximum atomic E-state index is 11.4. The quantitative estimate of drug-likeness (QED) is 0.844. The summed E-state index contributed by atoms with van der Waals surface area (Å²) >= 11 is 7.34. The summed E-state index contributed by atoms with van der Waals surface area (Å²) in [6.07, 6.45) is 0. The lowest BCUT2D eigenvalue weighted by molar-refractivity contribution is 0.108. The summed E-state index contributed by atoms with van der Waals surface area (Å²) in [6.45, 7) is 5.79. The van der Waals surface area contributed by atoms with Crippen molar-refractivity contribution < 1.29 is 9.53 Å². The first-order chi connectivity index (χ1) is 6.91. The summed E-state index contributed by atoms with van der Waals surface area (Å²) in [5.74, 6) is 0.619. The molecule has 0 radical (unpaired) electrons. The highest BCUT2D eigenvalue weighted by Crippen LogP contribution is 2.36. The SMILES string of the molecule is COc1c(C)c(C)c(Br)c(C)c1C(=O)S. The molecule has 0 aliphatic carbocycles. The van der Waals surface area contributed by atoms with Gasteiger partial charge >= 0.3 is 0 Å². The van der Waals surface area contributed by atoms with Crippen LogP contribution >= 0.6 is 28.6 Å². The largest absolute Gasteiger partial charge is 0.496 e. The second-order valence-electron chi connectivity index (χ2n) is 3.40. The molecule has 0 atom stereocenters. The van der Waals surface area contributed by atoms with Gasteiger partial charge < -0.3 is 4.74 Å². The molecular formula is C11H13BrO2S. The molecule has 0 spiro atoms. The Morgan fingerprint density at radius 2 is 1.73 bits per heavy atom.